The fourth-order valence-electron chi connectivity index (χ4n) is 2.93. The lowest BCUT2D eigenvalue weighted by Gasteiger charge is -2.37. The number of nitrogens with zero attached hydrogens (tertiary/aromatic N) is 1. The number of benzene rings is 1. The van der Waals surface area contributed by atoms with Crippen molar-refractivity contribution in [2.75, 3.05) is 31.6 Å². The van der Waals surface area contributed by atoms with Crippen LogP contribution in [0, 0.1) is 0 Å². The van der Waals surface area contributed by atoms with Gasteiger partial charge in [-0.15, -0.1) is 0 Å². The summed E-state index contributed by atoms with van der Waals surface area (Å²) >= 11 is 0. The molecule has 2 heterocycles. The van der Waals surface area contributed by atoms with Crippen LogP contribution in [0.25, 0.3) is 0 Å². The summed E-state index contributed by atoms with van der Waals surface area (Å²) < 4.78 is 16.9. The minimum absolute atomic E-state index is 0.0876. The number of anilines is 1. The van der Waals surface area contributed by atoms with E-state index in [1.54, 1.807) is 4.90 Å². The van der Waals surface area contributed by atoms with E-state index in [0.717, 1.165) is 24.3 Å². The van der Waals surface area contributed by atoms with Gasteiger partial charge in [0.15, 0.2) is 5.79 Å². The van der Waals surface area contributed by atoms with Gasteiger partial charge in [0.05, 0.1) is 19.3 Å². The summed E-state index contributed by atoms with van der Waals surface area (Å²) in [5, 5.41) is 2.92. The Kier molecular flexibility index (Phi) is 4.73. The summed E-state index contributed by atoms with van der Waals surface area (Å²) in [5.74, 6) is 0.348. The van der Waals surface area contributed by atoms with Crippen LogP contribution in [0.15, 0.2) is 24.3 Å². The van der Waals surface area contributed by atoms with E-state index in [2.05, 4.69) is 5.32 Å². The molecule has 3 rings (SSSR count). The number of hydrogen-bond acceptors (Lipinski definition) is 4. The minimum atomic E-state index is -0.452. The summed E-state index contributed by atoms with van der Waals surface area (Å²) in [6, 6.07) is 7.34. The molecule has 1 aromatic rings. The summed E-state index contributed by atoms with van der Waals surface area (Å²) in [6.45, 7) is 6.54. The molecule has 1 spiro atoms. The molecule has 1 N–H and O–H groups in total. The van der Waals surface area contributed by atoms with Crippen LogP contribution in [0.3, 0.4) is 0 Å². The third-order valence-electron chi connectivity index (χ3n) is 4.10. The van der Waals surface area contributed by atoms with Gasteiger partial charge in [-0.1, -0.05) is 0 Å². The number of amides is 2. The third kappa shape index (κ3) is 3.95. The molecule has 1 aromatic carbocycles. The molecule has 2 fully saturated rings. The van der Waals surface area contributed by atoms with Crippen LogP contribution in [-0.4, -0.2) is 49.1 Å². The SMILES string of the molecule is CC(C)Oc1ccc(NC(=O)N2CCC3(CC2)OCCO3)cc1. The second-order valence-corrected chi connectivity index (χ2v) is 6.22. The van der Waals surface area contributed by atoms with Crippen LogP contribution >= 0.6 is 0 Å². The van der Waals surface area contributed by atoms with E-state index < -0.39 is 5.79 Å². The van der Waals surface area contributed by atoms with Crippen molar-refractivity contribution >= 4 is 11.7 Å². The molecule has 0 aliphatic carbocycles. The molecule has 6 nitrogen and oxygen atoms in total. The van der Waals surface area contributed by atoms with Gasteiger partial charge >= 0.3 is 6.03 Å². The van der Waals surface area contributed by atoms with Crippen molar-refractivity contribution in [3.63, 3.8) is 0 Å². The van der Waals surface area contributed by atoms with Crippen molar-refractivity contribution < 1.29 is 19.0 Å². The maximum Gasteiger partial charge on any atom is 0.321 e. The lowest BCUT2D eigenvalue weighted by molar-refractivity contribution is -0.181. The maximum atomic E-state index is 12.3. The second-order valence-electron chi connectivity index (χ2n) is 6.22. The molecule has 0 aromatic heterocycles. The highest BCUT2D eigenvalue weighted by molar-refractivity contribution is 5.89. The zero-order valence-corrected chi connectivity index (χ0v) is 13.7. The first-order valence-corrected chi connectivity index (χ1v) is 8.17. The Labute approximate surface area is 136 Å². The Morgan fingerprint density at radius 3 is 2.35 bits per heavy atom. The zero-order valence-electron chi connectivity index (χ0n) is 13.7. The summed E-state index contributed by atoms with van der Waals surface area (Å²) in [5.41, 5.74) is 0.764. The fourth-order valence-corrected chi connectivity index (χ4v) is 2.93. The predicted molar refractivity (Wildman–Crippen MR) is 86.7 cm³/mol. The molecule has 0 unspecified atom stereocenters. The molecule has 6 heteroatoms. The number of carbonyl (C=O) groups excluding carboxylic acids is 1. The van der Waals surface area contributed by atoms with E-state index in [-0.39, 0.29) is 12.1 Å². The minimum Gasteiger partial charge on any atom is -0.491 e. The van der Waals surface area contributed by atoms with Gasteiger partial charge < -0.3 is 24.4 Å². The molecule has 0 bridgehead atoms. The standard InChI is InChI=1S/C17H24N2O4/c1-13(2)23-15-5-3-14(4-6-15)18-16(20)19-9-7-17(8-10-19)21-11-12-22-17/h3-6,13H,7-12H2,1-2H3,(H,18,20). The number of nitrogens with one attached hydrogen (secondary N) is 1. The first kappa shape index (κ1) is 16.1. The van der Waals surface area contributed by atoms with Crippen LogP contribution in [0.1, 0.15) is 26.7 Å². The van der Waals surface area contributed by atoms with Crippen LogP contribution in [0.4, 0.5) is 10.5 Å². The number of likely N-dealkylation sites (tertiary alicyclic amines) is 1. The molecule has 2 amide bonds. The van der Waals surface area contributed by atoms with Gasteiger partial charge in [0.1, 0.15) is 5.75 Å². The Morgan fingerprint density at radius 1 is 1.17 bits per heavy atom. The molecule has 0 radical (unpaired) electrons. The summed E-state index contributed by atoms with van der Waals surface area (Å²) in [4.78, 5) is 14.1. The smallest absolute Gasteiger partial charge is 0.321 e. The highest BCUT2D eigenvalue weighted by atomic mass is 16.7. The average molecular weight is 320 g/mol. The lowest BCUT2D eigenvalue weighted by atomic mass is 10.0. The van der Waals surface area contributed by atoms with E-state index >= 15 is 0 Å². The molecule has 0 saturated carbocycles. The van der Waals surface area contributed by atoms with E-state index in [1.807, 2.05) is 38.1 Å². The van der Waals surface area contributed by atoms with Gasteiger partial charge in [0, 0.05) is 31.6 Å². The number of ether oxygens (including phenoxy) is 3. The van der Waals surface area contributed by atoms with Crippen molar-refractivity contribution in [3.8, 4) is 5.75 Å². The number of urea groups is 1. The van der Waals surface area contributed by atoms with E-state index in [0.29, 0.717) is 26.3 Å². The zero-order chi connectivity index (χ0) is 16.3. The largest absolute Gasteiger partial charge is 0.491 e. The molecule has 0 atom stereocenters. The highest BCUT2D eigenvalue weighted by Crippen LogP contribution is 2.31. The van der Waals surface area contributed by atoms with Crippen molar-refractivity contribution in [1.29, 1.82) is 0 Å². The molecule has 23 heavy (non-hydrogen) atoms. The van der Waals surface area contributed by atoms with Crippen LogP contribution in [-0.2, 0) is 9.47 Å². The molecule has 126 valence electrons. The molecule has 2 saturated heterocycles. The van der Waals surface area contributed by atoms with Crippen LogP contribution < -0.4 is 10.1 Å². The first-order valence-electron chi connectivity index (χ1n) is 8.17. The molecular weight excluding hydrogens is 296 g/mol. The number of carbonyl (C=O) groups is 1. The number of piperidine rings is 1. The maximum absolute atomic E-state index is 12.3. The van der Waals surface area contributed by atoms with E-state index in [4.69, 9.17) is 14.2 Å². The van der Waals surface area contributed by atoms with Gasteiger partial charge in [0.2, 0.25) is 0 Å². The van der Waals surface area contributed by atoms with Gasteiger partial charge in [-0.2, -0.15) is 0 Å². The van der Waals surface area contributed by atoms with Crippen molar-refractivity contribution in [1.82, 2.24) is 4.90 Å². The van der Waals surface area contributed by atoms with Crippen LogP contribution in [0.5, 0.6) is 5.75 Å². The quantitative estimate of drug-likeness (QED) is 0.930. The van der Waals surface area contributed by atoms with Crippen LogP contribution in [0.2, 0.25) is 0 Å². The molecule has 2 aliphatic heterocycles. The van der Waals surface area contributed by atoms with Gasteiger partial charge in [0.25, 0.3) is 0 Å². The number of hydrogen-bond donors (Lipinski definition) is 1. The van der Waals surface area contributed by atoms with Gasteiger partial charge in [-0.05, 0) is 38.1 Å². The normalized spacial score (nSPS) is 20.0. The third-order valence-corrected chi connectivity index (χ3v) is 4.10. The van der Waals surface area contributed by atoms with E-state index in [1.165, 1.54) is 0 Å². The predicted octanol–water partition coefficient (Wildman–Crippen LogP) is 2.84. The summed E-state index contributed by atoms with van der Waals surface area (Å²) in [7, 11) is 0. The van der Waals surface area contributed by atoms with Crippen molar-refractivity contribution in [2.24, 2.45) is 0 Å². The molecule has 2 aliphatic rings. The van der Waals surface area contributed by atoms with Crippen molar-refractivity contribution in [2.45, 2.75) is 38.6 Å². The lowest BCUT2D eigenvalue weighted by Crippen LogP contribution is -2.48. The van der Waals surface area contributed by atoms with Gasteiger partial charge in [-0.25, -0.2) is 4.79 Å². The highest BCUT2D eigenvalue weighted by Gasteiger charge is 2.40. The second kappa shape index (κ2) is 6.76. The Morgan fingerprint density at radius 2 is 1.78 bits per heavy atom. The monoisotopic (exact) mass is 320 g/mol. The number of rotatable bonds is 3. The first-order chi connectivity index (χ1) is 11.1. The average Bonchev–Trinajstić information content (AvgIpc) is 2.97. The fraction of sp³-hybridized carbons (Fsp3) is 0.588. The van der Waals surface area contributed by atoms with Crippen molar-refractivity contribution in [3.05, 3.63) is 24.3 Å². The van der Waals surface area contributed by atoms with E-state index in [9.17, 15) is 4.79 Å². The van der Waals surface area contributed by atoms with Gasteiger partial charge in [-0.3, -0.25) is 0 Å². The summed E-state index contributed by atoms with van der Waals surface area (Å²) in [6.07, 6.45) is 1.58. The Balaban J connectivity index is 1.51. The Bertz CT molecular complexity index is 528. The molecular formula is C17H24N2O4. The topological polar surface area (TPSA) is 60.0 Å². The Hall–Kier alpha value is -1.79.